The number of carbonyl (C=O) groups is 1. The van der Waals surface area contributed by atoms with Gasteiger partial charge in [0.05, 0.1) is 12.7 Å². The molecule has 2 unspecified atom stereocenters. The zero-order valence-corrected chi connectivity index (χ0v) is 17.8. The SMILES string of the molecule is CC12C=Nc3[nH]ccc3C1N(CC1CCC(CNC3(C(F)(F)F)CC3)CC1)CNC2=O. The topological polar surface area (TPSA) is 72.5 Å². The molecule has 0 radical (unpaired) electrons. The Morgan fingerprint density at radius 2 is 1.94 bits per heavy atom. The van der Waals surface area contributed by atoms with E-state index in [4.69, 9.17) is 0 Å². The Hall–Kier alpha value is -1.87. The molecule has 1 amide bonds. The third-order valence-electron chi connectivity index (χ3n) is 7.86. The molecule has 1 aromatic rings. The van der Waals surface area contributed by atoms with Crippen molar-refractivity contribution in [2.45, 2.75) is 63.2 Å². The monoisotopic (exact) mass is 437 g/mol. The Bertz CT molecular complexity index is 869. The summed E-state index contributed by atoms with van der Waals surface area (Å²) < 4.78 is 39.4. The molecule has 1 aromatic heterocycles. The van der Waals surface area contributed by atoms with E-state index in [-0.39, 0.29) is 24.8 Å². The van der Waals surface area contributed by atoms with Crippen LogP contribution in [0.3, 0.4) is 0 Å². The van der Waals surface area contributed by atoms with Crippen LogP contribution < -0.4 is 10.6 Å². The normalized spacial score (nSPS) is 34.7. The Labute approximate surface area is 180 Å². The average Bonchev–Trinajstić information content (AvgIpc) is 3.40. The second-order valence-electron chi connectivity index (χ2n) is 10.0. The predicted molar refractivity (Wildman–Crippen MR) is 111 cm³/mol. The van der Waals surface area contributed by atoms with Gasteiger partial charge in [-0.2, -0.15) is 13.2 Å². The van der Waals surface area contributed by atoms with Gasteiger partial charge >= 0.3 is 6.18 Å². The van der Waals surface area contributed by atoms with Gasteiger partial charge in [0.2, 0.25) is 5.91 Å². The summed E-state index contributed by atoms with van der Waals surface area (Å²) in [6, 6.07) is 1.96. The maximum atomic E-state index is 13.1. The summed E-state index contributed by atoms with van der Waals surface area (Å²) in [6.45, 7) is 3.77. The van der Waals surface area contributed by atoms with Gasteiger partial charge in [-0.25, -0.2) is 4.99 Å². The zero-order valence-electron chi connectivity index (χ0n) is 17.8. The molecular weight excluding hydrogens is 407 g/mol. The van der Waals surface area contributed by atoms with E-state index in [2.05, 4.69) is 25.5 Å². The molecule has 9 heteroatoms. The first kappa shape index (κ1) is 21.0. The Morgan fingerprint density at radius 3 is 2.61 bits per heavy atom. The van der Waals surface area contributed by atoms with Crippen molar-refractivity contribution in [1.82, 2.24) is 20.5 Å². The number of aromatic amines is 1. The largest absolute Gasteiger partial charge is 0.406 e. The van der Waals surface area contributed by atoms with Crippen molar-refractivity contribution >= 4 is 17.9 Å². The van der Waals surface area contributed by atoms with E-state index in [9.17, 15) is 18.0 Å². The minimum absolute atomic E-state index is 0.00203. The first-order valence-corrected chi connectivity index (χ1v) is 11.3. The van der Waals surface area contributed by atoms with E-state index >= 15 is 0 Å². The zero-order chi connectivity index (χ0) is 21.9. The summed E-state index contributed by atoms with van der Waals surface area (Å²) in [5, 5.41) is 5.85. The van der Waals surface area contributed by atoms with Crippen molar-refractivity contribution in [3.05, 3.63) is 17.8 Å². The fraction of sp³-hybridized carbons (Fsp3) is 0.727. The van der Waals surface area contributed by atoms with E-state index in [0.29, 0.717) is 25.0 Å². The number of fused-ring (bicyclic) bond motifs is 3. The molecule has 5 rings (SSSR count). The number of halogens is 3. The Kier molecular flexibility index (Phi) is 4.97. The van der Waals surface area contributed by atoms with E-state index in [1.807, 2.05) is 19.2 Å². The van der Waals surface area contributed by atoms with Crippen LogP contribution in [0.2, 0.25) is 0 Å². The fourth-order valence-electron chi connectivity index (χ4n) is 5.66. The lowest BCUT2D eigenvalue weighted by Gasteiger charge is -2.48. The number of aliphatic imine (C=N–C) groups is 1. The average molecular weight is 438 g/mol. The minimum Gasteiger partial charge on any atom is -0.346 e. The van der Waals surface area contributed by atoms with Crippen LogP contribution in [0.25, 0.3) is 0 Å². The van der Waals surface area contributed by atoms with Crippen LogP contribution >= 0.6 is 0 Å². The number of alkyl halides is 3. The summed E-state index contributed by atoms with van der Waals surface area (Å²) in [5.74, 6) is 1.60. The second-order valence-corrected chi connectivity index (χ2v) is 10.0. The van der Waals surface area contributed by atoms with Crippen LogP contribution in [0.4, 0.5) is 19.0 Å². The molecule has 1 saturated heterocycles. The van der Waals surface area contributed by atoms with Crippen molar-refractivity contribution in [2.75, 3.05) is 19.8 Å². The summed E-state index contributed by atoms with van der Waals surface area (Å²) in [6.07, 6.45) is 3.80. The molecule has 6 nitrogen and oxygen atoms in total. The van der Waals surface area contributed by atoms with Gasteiger partial charge in [0.25, 0.3) is 0 Å². The molecule has 170 valence electrons. The molecule has 2 atom stereocenters. The smallest absolute Gasteiger partial charge is 0.346 e. The maximum Gasteiger partial charge on any atom is 0.406 e. The number of nitrogens with zero attached hydrogens (tertiary/aromatic N) is 2. The molecule has 3 N–H and O–H groups in total. The first-order valence-electron chi connectivity index (χ1n) is 11.3. The molecule has 4 aliphatic rings. The summed E-state index contributed by atoms with van der Waals surface area (Å²) in [7, 11) is 0. The Balaban J connectivity index is 1.19. The second kappa shape index (κ2) is 7.33. The summed E-state index contributed by atoms with van der Waals surface area (Å²) in [5.41, 5.74) is -1.26. The maximum absolute atomic E-state index is 13.1. The molecule has 3 heterocycles. The third-order valence-corrected chi connectivity index (χ3v) is 7.86. The fourth-order valence-corrected chi connectivity index (χ4v) is 5.66. The predicted octanol–water partition coefficient (Wildman–Crippen LogP) is 3.66. The number of hydrogen-bond acceptors (Lipinski definition) is 4. The van der Waals surface area contributed by atoms with Crippen LogP contribution in [0.1, 0.15) is 57.1 Å². The van der Waals surface area contributed by atoms with Crippen LogP contribution in [-0.4, -0.2) is 53.5 Å². The van der Waals surface area contributed by atoms with Crippen LogP contribution in [0.5, 0.6) is 0 Å². The number of carbonyl (C=O) groups excluding carboxylic acids is 1. The van der Waals surface area contributed by atoms with E-state index in [1.54, 1.807) is 6.21 Å². The van der Waals surface area contributed by atoms with Crippen LogP contribution in [0.15, 0.2) is 17.3 Å². The van der Waals surface area contributed by atoms with Gasteiger partial charge in [-0.15, -0.1) is 0 Å². The molecule has 2 saturated carbocycles. The van der Waals surface area contributed by atoms with E-state index in [1.165, 1.54) is 0 Å². The summed E-state index contributed by atoms with van der Waals surface area (Å²) in [4.78, 5) is 22.6. The molecule has 2 aliphatic heterocycles. The van der Waals surface area contributed by atoms with Gasteiger partial charge in [0.1, 0.15) is 16.8 Å². The first-order chi connectivity index (χ1) is 14.7. The molecular formula is C22H30F3N5O. The molecule has 31 heavy (non-hydrogen) atoms. The van der Waals surface area contributed by atoms with Gasteiger partial charge in [0, 0.05) is 24.5 Å². The number of hydrogen-bond donors (Lipinski definition) is 3. The van der Waals surface area contributed by atoms with Gasteiger partial charge < -0.3 is 15.6 Å². The molecule has 0 spiro atoms. The highest BCUT2D eigenvalue weighted by atomic mass is 19.4. The van der Waals surface area contributed by atoms with Gasteiger partial charge in [0.15, 0.2) is 0 Å². The standard InChI is InChI=1S/C22H30F3N5O/c1-20-12-27-18-16(6-9-26-18)17(20)30(13-28-19(20)31)11-15-4-2-14(3-5-15)10-29-21(7-8-21)22(23,24)25/h6,9,12,14-15,17,26,29H,2-5,7-8,10-11,13H2,1H3,(H,28,31). The van der Waals surface area contributed by atoms with Crippen molar-refractivity contribution in [3.63, 3.8) is 0 Å². The highest BCUT2D eigenvalue weighted by Crippen LogP contribution is 2.49. The lowest BCUT2D eigenvalue weighted by Crippen LogP contribution is -2.60. The highest BCUT2D eigenvalue weighted by molar-refractivity contribution is 6.01. The van der Waals surface area contributed by atoms with E-state index in [0.717, 1.165) is 43.6 Å². The summed E-state index contributed by atoms with van der Waals surface area (Å²) >= 11 is 0. The molecule has 0 aromatic carbocycles. The quantitative estimate of drug-likeness (QED) is 0.658. The van der Waals surface area contributed by atoms with Crippen molar-refractivity contribution < 1.29 is 18.0 Å². The lowest BCUT2D eigenvalue weighted by molar-refractivity contribution is -0.166. The number of aromatic nitrogens is 1. The molecule has 2 aliphatic carbocycles. The number of amides is 1. The van der Waals surface area contributed by atoms with Gasteiger partial charge in [-0.3, -0.25) is 9.69 Å². The number of rotatable bonds is 5. The lowest BCUT2D eigenvalue weighted by atomic mass is 9.74. The highest BCUT2D eigenvalue weighted by Gasteiger charge is 2.63. The van der Waals surface area contributed by atoms with Crippen LogP contribution in [0, 0.1) is 17.3 Å². The number of H-pyrrole nitrogens is 1. The molecule has 0 bridgehead atoms. The van der Waals surface area contributed by atoms with Gasteiger partial charge in [-0.05, 0) is 69.9 Å². The van der Waals surface area contributed by atoms with Crippen molar-refractivity contribution in [3.8, 4) is 0 Å². The molecule has 3 fully saturated rings. The van der Waals surface area contributed by atoms with Crippen molar-refractivity contribution in [1.29, 1.82) is 0 Å². The third kappa shape index (κ3) is 3.59. The van der Waals surface area contributed by atoms with E-state index < -0.39 is 17.1 Å². The van der Waals surface area contributed by atoms with Crippen LogP contribution in [-0.2, 0) is 4.79 Å². The Morgan fingerprint density at radius 1 is 1.23 bits per heavy atom. The van der Waals surface area contributed by atoms with Gasteiger partial charge in [-0.1, -0.05) is 0 Å². The minimum atomic E-state index is -4.14. The number of nitrogens with one attached hydrogen (secondary N) is 3. The van der Waals surface area contributed by atoms with Crippen molar-refractivity contribution in [2.24, 2.45) is 22.2 Å².